The van der Waals surface area contributed by atoms with Crippen LogP contribution in [0.25, 0.3) is 0 Å². The van der Waals surface area contributed by atoms with Gasteiger partial charge in [-0.05, 0) is 38.1 Å². The normalized spacial score (nSPS) is 30.9. The van der Waals surface area contributed by atoms with Crippen LogP contribution < -0.4 is 5.32 Å². The Kier molecular flexibility index (Phi) is 2.72. The average molecular weight is 220 g/mol. The predicted octanol–water partition coefficient (Wildman–Crippen LogP) is 1.31. The maximum atomic E-state index is 11.1. The summed E-state index contributed by atoms with van der Waals surface area (Å²) in [5, 5.41) is 3.45. The molecule has 2 fully saturated rings. The van der Waals surface area contributed by atoms with Crippen LogP contribution in [-0.4, -0.2) is 36.4 Å². The minimum Gasteiger partial charge on any atom is -0.388 e. The maximum Gasteiger partial charge on any atom is 0.157 e. The summed E-state index contributed by atoms with van der Waals surface area (Å²) in [5.41, 5.74) is 1.16. The van der Waals surface area contributed by atoms with Crippen molar-refractivity contribution in [2.24, 2.45) is 5.92 Å². The Morgan fingerprint density at radius 1 is 1.31 bits per heavy atom. The van der Waals surface area contributed by atoms with Crippen LogP contribution in [-0.2, 0) is 4.79 Å². The van der Waals surface area contributed by atoms with E-state index in [0.717, 1.165) is 30.6 Å². The Morgan fingerprint density at radius 3 is 2.88 bits per heavy atom. The maximum absolute atomic E-state index is 11.1. The van der Waals surface area contributed by atoms with Crippen LogP contribution in [0.4, 0.5) is 0 Å². The first-order chi connectivity index (χ1) is 7.81. The van der Waals surface area contributed by atoms with Crippen molar-refractivity contribution in [2.75, 3.05) is 19.6 Å². The van der Waals surface area contributed by atoms with Gasteiger partial charge in [0.05, 0.1) is 0 Å². The van der Waals surface area contributed by atoms with Gasteiger partial charge in [-0.1, -0.05) is 0 Å². The van der Waals surface area contributed by atoms with Crippen LogP contribution in [0.3, 0.4) is 0 Å². The first kappa shape index (κ1) is 10.3. The number of nitrogens with zero attached hydrogens (tertiary/aromatic N) is 1. The van der Waals surface area contributed by atoms with Crippen LogP contribution >= 0.6 is 0 Å². The number of hydrogen-bond acceptors (Lipinski definition) is 3. The highest BCUT2D eigenvalue weighted by atomic mass is 16.1. The Labute approximate surface area is 96.9 Å². The molecule has 1 saturated heterocycles. The molecule has 3 heteroatoms. The third-order valence-electron chi connectivity index (χ3n) is 3.97. The summed E-state index contributed by atoms with van der Waals surface area (Å²) in [7, 11) is 0. The number of ketones is 1. The first-order valence-electron chi connectivity index (χ1n) is 6.52. The fourth-order valence-corrected chi connectivity index (χ4v) is 2.81. The molecule has 1 saturated carbocycles. The second-order valence-corrected chi connectivity index (χ2v) is 5.40. The van der Waals surface area contributed by atoms with Gasteiger partial charge in [-0.2, -0.15) is 0 Å². The molecular weight excluding hydrogens is 200 g/mol. The molecule has 1 N–H and O–H groups in total. The molecule has 16 heavy (non-hydrogen) atoms. The van der Waals surface area contributed by atoms with Crippen LogP contribution in [0.1, 0.15) is 32.1 Å². The summed E-state index contributed by atoms with van der Waals surface area (Å²) in [6, 6.07) is 0.914. The molecule has 1 atom stereocenters. The molecule has 3 aliphatic rings. The molecule has 0 spiro atoms. The van der Waals surface area contributed by atoms with E-state index >= 15 is 0 Å². The van der Waals surface area contributed by atoms with Gasteiger partial charge in [0.1, 0.15) is 0 Å². The zero-order valence-corrected chi connectivity index (χ0v) is 9.74. The number of allylic oxidation sites excluding steroid dienone is 2. The quantitative estimate of drug-likeness (QED) is 0.775. The van der Waals surface area contributed by atoms with Gasteiger partial charge in [-0.3, -0.25) is 4.79 Å². The average Bonchev–Trinajstić information content (AvgIpc) is 2.87. The number of rotatable bonds is 4. The van der Waals surface area contributed by atoms with Gasteiger partial charge < -0.3 is 10.2 Å². The van der Waals surface area contributed by atoms with E-state index in [0.29, 0.717) is 6.42 Å². The lowest BCUT2D eigenvalue weighted by Gasteiger charge is -2.15. The molecule has 88 valence electrons. The van der Waals surface area contributed by atoms with Crippen molar-refractivity contribution in [3.05, 3.63) is 11.8 Å². The third-order valence-corrected chi connectivity index (χ3v) is 3.97. The largest absolute Gasteiger partial charge is 0.388 e. The molecule has 0 aromatic heterocycles. The van der Waals surface area contributed by atoms with E-state index in [4.69, 9.17) is 0 Å². The summed E-state index contributed by atoms with van der Waals surface area (Å²) >= 11 is 0. The summed E-state index contributed by atoms with van der Waals surface area (Å²) < 4.78 is 0. The molecule has 0 aromatic carbocycles. The third kappa shape index (κ3) is 2.29. The number of nitrogens with one attached hydrogen (secondary N) is 1. The van der Waals surface area contributed by atoms with Gasteiger partial charge >= 0.3 is 0 Å². The minimum atomic E-state index is 0.286. The van der Waals surface area contributed by atoms with E-state index in [1.54, 1.807) is 6.08 Å². The Hall–Kier alpha value is -0.830. The Bertz CT molecular complexity index is 320. The van der Waals surface area contributed by atoms with Crippen molar-refractivity contribution in [1.82, 2.24) is 10.2 Å². The molecule has 3 rings (SSSR count). The van der Waals surface area contributed by atoms with E-state index in [1.807, 2.05) is 0 Å². The standard InChI is InChI=1S/C13H20N2O/c16-13-4-1-11(7-13)14-8-10-5-6-15(9-10)12-2-3-12/h7,10,12,14H,1-6,8-9H2. The number of carbonyl (C=O) groups excluding carboxylic acids is 1. The Balaban J connectivity index is 1.42. The summed E-state index contributed by atoms with van der Waals surface area (Å²) in [4.78, 5) is 13.7. The van der Waals surface area contributed by atoms with Crippen molar-refractivity contribution < 1.29 is 4.79 Å². The van der Waals surface area contributed by atoms with Gasteiger partial charge in [-0.15, -0.1) is 0 Å². The smallest absolute Gasteiger partial charge is 0.157 e. The van der Waals surface area contributed by atoms with Crippen molar-refractivity contribution in [3.8, 4) is 0 Å². The van der Waals surface area contributed by atoms with E-state index < -0.39 is 0 Å². The van der Waals surface area contributed by atoms with Crippen LogP contribution in [0.2, 0.25) is 0 Å². The first-order valence-corrected chi connectivity index (χ1v) is 6.52. The molecule has 0 bridgehead atoms. The Morgan fingerprint density at radius 2 is 2.19 bits per heavy atom. The number of carbonyl (C=O) groups is 1. The van der Waals surface area contributed by atoms with Crippen molar-refractivity contribution in [3.63, 3.8) is 0 Å². The zero-order valence-electron chi connectivity index (χ0n) is 9.74. The lowest BCUT2D eigenvalue weighted by Crippen LogP contribution is -2.27. The van der Waals surface area contributed by atoms with Gasteiger partial charge in [0.2, 0.25) is 0 Å². The second kappa shape index (κ2) is 4.21. The highest BCUT2D eigenvalue weighted by Gasteiger charge is 2.34. The van der Waals surface area contributed by atoms with Crippen LogP contribution in [0.5, 0.6) is 0 Å². The number of likely N-dealkylation sites (tertiary alicyclic amines) is 1. The molecule has 0 radical (unpaired) electrons. The predicted molar refractivity (Wildman–Crippen MR) is 63.0 cm³/mol. The fraction of sp³-hybridized carbons (Fsp3) is 0.769. The zero-order chi connectivity index (χ0) is 11.0. The minimum absolute atomic E-state index is 0.286. The van der Waals surface area contributed by atoms with Gasteiger partial charge in [0.15, 0.2) is 5.78 Å². The SMILES string of the molecule is O=C1C=C(NCC2CCN(C3CC3)C2)CC1. The fourth-order valence-electron chi connectivity index (χ4n) is 2.81. The van der Waals surface area contributed by atoms with E-state index in [9.17, 15) is 4.79 Å². The summed E-state index contributed by atoms with van der Waals surface area (Å²) in [5.74, 6) is 1.07. The lowest BCUT2D eigenvalue weighted by molar-refractivity contribution is -0.114. The van der Waals surface area contributed by atoms with E-state index in [2.05, 4.69) is 10.2 Å². The lowest BCUT2D eigenvalue weighted by atomic mass is 10.1. The highest BCUT2D eigenvalue weighted by molar-refractivity contribution is 5.92. The van der Waals surface area contributed by atoms with Crippen LogP contribution in [0, 0.1) is 5.92 Å². The van der Waals surface area contributed by atoms with E-state index in [1.165, 1.54) is 32.4 Å². The second-order valence-electron chi connectivity index (χ2n) is 5.40. The highest BCUT2D eigenvalue weighted by Crippen LogP contribution is 2.31. The van der Waals surface area contributed by atoms with E-state index in [-0.39, 0.29) is 5.78 Å². The van der Waals surface area contributed by atoms with Crippen molar-refractivity contribution in [1.29, 1.82) is 0 Å². The monoisotopic (exact) mass is 220 g/mol. The molecule has 0 aromatic rings. The summed E-state index contributed by atoms with van der Waals surface area (Å²) in [6.07, 6.45) is 7.58. The molecule has 1 unspecified atom stereocenters. The molecular formula is C13H20N2O. The van der Waals surface area contributed by atoms with Crippen LogP contribution in [0.15, 0.2) is 11.8 Å². The number of hydrogen-bond donors (Lipinski definition) is 1. The molecule has 1 heterocycles. The topological polar surface area (TPSA) is 32.3 Å². The van der Waals surface area contributed by atoms with Gasteiger partial charge in [0.25, 0.3) is 0 Å². The summed E-state index contributed by atoms with van der Waals surface area (Å²) in [6.45, 7) is 3.61. The van der Waals surface area contributed by atoms with Crippen molar-refractivity contribution in [2.45, 2.75) is 38.1 Å². The molecule has 3 nitrogen and oxygen atoms in total. The molecule has 1 aliphatic heterocycles. The van der Waals surface area contributed by atoms with Gasteiger partial charge in [-0.25, -0.2) is 0 Å². The van der Waals surface area contributed by atoms with Gasteiger partial charge in [0, 0.05) is 37.3 Å². The van der Waals surface area contributed by atoms with Crippen molar-refractivity contribution >= 4 is 5.78 Å². The molecule has 2 aliphatic carbocycles. The molecule has 0 amide bonds.